The summed E-state index contributed by atoms with van der Waals surface area (Å²) in [5, 5.41) is 0. The van der Waals surface area contributed by atoms with Crippen molar-refractivity contribution >= 4 is 6.09 Å². The number of nitrogens with zero attached hydrogens (tertiary/aromatic N) is 1. The summed E-state index contributed by atoms with van der Waals surface area (Å²) >= 11 is 0. The van der Waals surface area contributed by atoms with E-state index in [1.54, 1.807) is 4.90 Å². The number of carbonyl (C=O) groups is 1. The quantitative estimate of drug-likeness (QED) is 0.848. The Morgan fingerprint density at radius 2 is 2.18 bits per heavy atom. The standard InChI is InChI=1S/C13H18N2O2/c1-10-12(14)7-8-15(10)13(16)17-9-11-5-3-2-4-6-11/h2-6,10,12H,7-9,14H2,1H3/t10-,12+/m1/s1. The van der Waals surface area contributed by atoms with Crippen LogP contribution in [-0.2, 0) is 11.3 Å². The average molecular weight is 234 g/mol. The number of hydrogen-bond donors (Lipinski definition) is 1. The number of carbonyl (C=O) groups excluding carboxylic acids is 1. The molecule has 2 rings (SSSR count). The minimum absolute atomic E-state index is 0.0678. The van der Waals surface area contributed by atoms with E-state index in [4.69, 9.17) is 10.5 Å². The van der Waals surface area contributed by atoms with E-state index in [-0.39, 0.29) is 18.2 Å². The molecule has 1 aliphatic heterocycles. The first-order chi connectivity index (χ1) is 8.18. The molecule has 4 nitrogen and oxygen atoms in total. The maximum absolute atomic E-state index is 11.8. The monoisotopic (exact) mass is 234 g/mol. The SMILES string of the molecule is C[C@@H]1[C@@H](N)CCN1C(=O)OCc1ccccc1. The minimum atomic E-state index is -0.269. The Bertz CT molecular complexity index is 380. The molecule has 0 saturated carbocycles. The lowest BCUT2D eigenvalue weighted by Crippen LogP contribution is -2.40. The van der Waals surface area contributed by atoms with Crippen LogP contribution in [0.25, 0.3) is 0 Å². The first-order valence-electron chi connectivity index (χ1n) is 5.91. The molecule has 1 aromatic rings. The van der Waals surface area contributed by atoms with Gasteiger partial charge in [-0.15, -0.1) is 0 Å². The zero-order chi connectivity index (χ0) is 12.3. The van der Waals surface area contributed by atoms with Gasteiger partial charge in [-0.25, -0.2) is 4.79 Å². The molecule has 2 atom stereocenters. The van der Waals surface area contributed by atoms with Crippen LogP contribution in [0.15, 0.2) is 30.3 Å². The van der Waals surface area contributed by atoms with Crippen LogP contribution in [0.3, 0.4) is 0 Å². The molecule has 0 bridgehead atoms. The number of hydrogen-bond acceptors (Lipinski definition) is 3. The second-order valence-corrected chi connectivity index (χ2v) is 4.43. The number of benzene rings is 1. The Labute approximate surface area is 101 Å². The van der Waals surface area contributed by atoms with Crippen LogP contribution in [0, 0.1) is 0 Å². The fourth-order valence-electron chi connectivity index (χ4n) is 2.02. The van der Waals surface area contributed by atoms with Gasteiger partial charge in [-0.05, 0) is 18.9 Å². The van der Waals surface area contributed by atoms with Crippen LogP contribution >= 0.6 is 0 Å². The van der Waals surface area contributed by atoms with E-state index >= 15 is 0 Å². The Hall–Kier alpha value is -1.55. The first kappa shape index (κ1) is 11.9. The second-order valence-electron chi connectivity index (χ2n) is 4.43. The van der Waals surface area contributed by atoms with Gasteiger partial charge in [-0.3, -0.25) is 0 Å². The number of rotatable bonds is 2. The Balaban J connectivity index is 1.86. The molecule has 1 aromatic carbocycles. The summed E-state index contributed by atoms with van der Waals surface area (Å²) in [4.78, 5) is 13.5. The predicted octanol–water partition coefficient (Wildman–Crippen LogP) is 1.74. The summed E-state index contributed by atoms with van der Waals surface area (Å²) < 4.78 is 5.26. The average Bonchev–Trinajstić information content (AvgIpc) is 2.69. The van der Waals surface area contributed by atoms with Gasteiger partial charge in [0.15, 0.2) is 0 Å². The van der Waals surface area contributed by atoms with Crippen molar-refractivity contribution in [3.05, 3.63) is 35.9 Å². The van der Waals surface area contributed by atoms with E-state index < -0.39 is 0 Å². The highest BCUT2D eigenvalue weighted by molar-refractivity contribution is 5.68. The molecule has 0 radical (unpaired) electrons. The molecule has 1 saturated heterocycles. The van der Waals surface area contributed by atoms with Crippen LogP contribution in [0.5, 0.6) is 0 Å². The van der Waals surface area contributed by atoms with Gasteiger partial charge >= 0.3 is 6.09 Å². The van der Waals surface area contributed by atoms with Crippen molar-refractivity contribution in [1.29, 1.82) is 0 Å². The summed E-state index contributed by atoms with van der Waals surface area (Å²) in [6.45, 7) is 2.97. The van der Waals surface area contributed by atoms with E-state index in [0.717, 1.165) is 12.0 Å². The fourth-order valence-corrected chi connectivity index (χ4v) is 2.02. The van der Waals surface area contributed by atoms with Crippen molar-refractivity contribution in [2.24, 2.45) is 5.73 Å². The summed E-state index contributed by atoms with van der Waals surface area (Å²) in [6, 6.07) is 9.80. The topological polar surface area (TPSA) is 55.6 Å². The predicted molar refractivity (Wildman–Crippen MR) is 65.4 cm³/mol. The Kier molecular flexibility index (Phi) is 3.64. The molecule has 1 amide bonds. The molecule has 2 N–H and O–H groups in total. The molecule has 0 unspecified atom stereocenters. The van der Waals surface area contributed by atoms with Crippen molar-refractivity contribution < 1.29 is 9.53 Å². The minimum Gasteiger partial charge on any atom is -0.445 e. The summed E-state index contributed by atoms with van der Waals surface area (Å²) in [5.41, 5.74) is 6.86. The molecule has 17 heavy (non-hydrogen) atoms. The van der Waals surface area contributed by atoms with Gasteiger partial charge in [-0.1, -0.05) is 30.3 Å². The maximum atomic E-state index is 11.8. The van der Waals surface area contributed by atoms with Crippen LogP contribution in [0.1, 0.15) is 18.9 Å². The van der Waals surface area contributed by atoms with Crippen LogP contribution in [0.4, 0.5) is 4.79 Å². The van der Waals surface area contributed by atoms with Gasteiger partial charge < -0.3 is 15.4 Å². The highest BCUT2D eigenvalue weighted by Gasteiger charge is 2.32. The number of amides is 1. The number of ether oxygens (including phenoxy) is 1. The molecule has 1 aliphatic rings. The van der Waals surface area contributed by atoms with Crippen molar-refractivity contribution in [2.45, 2.75) is 32.0 Å². The second kappa shape index (κ2) is 5.19. The van der Waals surface area contributed by atoms with Gasteiger partial charge in [0.05, 0.1) is 0 Å². The molecule has 0 aliphatic carbocycles. The van der Waals surface area contributed by atoms with E-state index in [9.17, 15) is 4.79 Å². The third-order valence-corrected chi connectivity index (χ3v) is 3.25. The molecule has 92 valence electrons. The van der Waals surface area contributed by atoms with Crippen LogP contribution in [-0.4, -0.2) is 29.6 Å². The number of nitrogens with two attached hydrogens (primary N) is 1. The molecule has 1 heterocycles. The van der Waals surface area contributed by atoms with E-state index in [1.807, 2.05) is 37.3 Å². The molecule has 0 spiro atoms. The van der Waals surface area contributed by atoms with Crippen LogP contribution < -0.4 is 5.73 Å². The lowest BCUT2D eigenvalue weighted by atomic mass is 10.2. The molecular formula is C13H18N2O2. The van der Waals surface area contributed by atoms with Crippen LogP contribution in [0.2, 0.25) is 0 Å². The summed E-state index contributed by atoms with van der Waals surface area (Å²) in [7, 11) is 0. The Morgan fingerprint density at radius 3 is 2.76 bits per heavy atom. The van der Waals surface area contributed by atoms with E-state index in [2.05, 4.69) is 0 Å². The van der Waals surface area contributed by atoms with Gasteiger partial charge in [0.2, 0.25) is 0 Å². The molecule has 0 aromatic heterocycles. The molecular weight excluding hydrogens is 216 g/mol. The molecule has 4 heteroatoms. The van der Waals surface area contributed by atoms with Crippen molar-refractivity contribution in [2.75, 3.05) is 6.54 Å². The third kappa shape index (κ3) is 2.77. The van der Waals surface area contributed by atoms with Gasteiger partial charge in [0.1, 0.15) is 6.61 Å². The summed E-state index contributed by atoms with van der Waals surface area (Å²) in [6.07, 6.45) is 0.580. The highest BCUT2D eigenvalue weighted by Crippen LogP contribution is 2.17. The smallest absolute Gasteiger partial charge is 0.410 e. The zero-order valence-corrected chi connectivity index (χ0v) is 10.0. The fraction of sp³-hybridized carbons (Fsp3) is 0.462. The van der Waals surface area contributed by atoms with Crippen molar-refractivity contribution in [1.82, 2.24) is 4.90 Å². The Morgan fingerprint density at radius 1 is 1.47 bits per heavy atom. The van der Waals surface area contributed by atoms with Gasteiger partial charge in [0.25, 0.3) is 0 Å². The maximum Gasteiger partial charge on any atom is 0.410 e. The lowest BCUT2D eigenvalue weighted by Gasteiger charge is -2.22. The first-order valence-corrected chi connectivity index (χ1v) is 5.91. The van der Waals surface area contributed by atoms with E-state index in [1.165, 1.54) is 0 Å². The van der Waals surface area contributed by atoms with Crippen molar-refractivity contribution in [3.63, 3.8) is 0 Å². The third-order valence-electron chi connectivity index (χ3n) is 3.25. The van der Waals surface area contributed by atoms with E-state index in [0.29, 0.717) is 13.2 Å². The lowest BCUT2D eigenvalue weighted by molar-refractivity contribution is 0.0934. The highest BCUT2D eigenvalue weighted by atomic mass is 16.6. The van der Waals surface area contributed by atoms with Crippen molar-refractivity contribution in [3.8, 4) is 0 Å². The van der Waals surface area contributed by atoms with Gasteiger partial charge in [-0.2, -0.15) is 0 Å². The zero-order valence-electron chi connectivity index (χ0n) is 10.0. The molecule has 1 fully saturated rings. The number of likely N-dealkylation sites (tertiary alicyclic amines) is 1. The normalized spacial score (nSPS) is 23.8. The summed E-state index contributed by atoms with van der Waals surface area (Å²) in [5.74, 6) is 0. The van der Waals surface area contributed by atoms with Gasteiger partial charge in [0, 0.05) is 18.6 Å². The largest absolute Gasteiger partial charge is 0.445 e.